The molecule has 0 amide bonds. The zero-order valence-electron chi connectivity index (χ0n) is 10.7. The highest BCUT2D eigenvalue weighted by molar-refractivity contribution is 5.83. The molecule has 4 N–H and O–H groups in total. The van der Waals surface area contributed by atoms with Crippen LogP contribution in [0.1, 0.15) is 11.6 Å². The lowest BCUT2D eigenvalue weighted by Crippen LogP contribution is -2.06. The number of hydrogen-bond acceptors (Lipinski definition) is 2. The van der Waals surface area contributed by atoms with Crippen molar-refractivity contribution in [1.29, 1.82) is 0 Å². The fraction of sp³-hybridized carbons (Fsp3) is 0.0588. The van der Waals surface area contributed by atoms with Crippen molar-refractivity contribution in [3.63, 3.8) is 0 Å². The van der Waals surface area contributed by atoms with Crippen molar-refractivity contribution in [2.75, 3.05) is 0 Å². The molecular weight excluding hydrogens is 232 g/mol. The molecule has 0 spiro atoms. The first-order chi connectivity index (χ1) is 9.31. The van der Waals surface area contributed by atoms with Crippen molar-refractivity contribution in [3.05, 3.63) is 84.6 Å². The largest absolute Gasteiger partial charge is 0.405 e. The van der Waals surface area contributed by atoms with Crippen LogP contribution >= 0.6 is 0 Å². The molecule has 2 heteroatoms. The smallest absolute Gasteiger partial charge is 0.0484 e. The lowest BCUT2D eigenvalue weighted by molar-refractivity contribution is 0.914. The maximum Gasteiger partial charge on any atom is 0.0484 e. The molecule has 0 aromatic heterocycles. The van der Waals surface area contributed by atoms with Crippen LogP contribution in [0, 0.1) is 0 Å². The number of nitrogens with two attached hydrogens (primary N) is 2. The number of fused-ring (bicyclic) bond motifs is 1. The Morgan fingerprint density at radius 1 is 0.842 bits per heavy atom. The van der Waals surface area contributed by atoms with Crippen LogP contribution < -0.4 is 11.5 Å². The molecule has 0 bridgehead atoms. The predicted molar refractivity (Wildman–Crippen MR) is 82.5 cm³/mol. The summed E-state index contributed by atoms with van der Waals surface area (Å²) in [5.41, 5.74) is 12.5. The Balaban J connectivity index is 2.14. The van der Waals surface area contributed by atoms with E-state index in [1.165, 1.54) is 17.0 Å². The van der Waals surface area contributed by atoms with Crippen molar-refractivity contribution in [2.24, 2.45) is 11.5 Å². The monoisotopic (exact) mass is 250 g/mol. The van der Waals surface area contributed by atoms with Crippen LogP contribution in [0.3, 0.4) is 0 Å². The Kier molecular flexibility index (Phi) is 4.54. The van der Waals surface area contributed by atoms with Gasteiger partial charge in [-0.15, -0.1) is 0 Å². The van der Waals surface area contributed by atoms with Gasteiger partial charge in [0.2, 0.25) is 0 Å². The van der Waals surface area contributed by atoms with Gasteiger partial charge in [-0.1, -0.05) is 60.7 Å². The molecule has 2 rings (SSSR count). The van der Waals surface area contributed by atoms with E-state index in [9.17, 15) is 0 Å². The van der Waals surface area contributed by atoms with Crippen LogP contribution in [-0.4, -0.2) is 0 Å². The third-order valence-electron chi connectivity index (χ3n) is 2.92. The molecule has 0 saturated heterocycles. The van der Waals surface area contributed by atoms with E-state index in [0.717, 1.165) is 5.56 Å². The predicted octanol–water partition coefficient (Wildman–Crippen LogP) is 3.42. The van der Waals surface area contributed by atoms with E-state index in [1.54, 1.807) is 6.08 Å². The van der Waals surface area contributed by atoms with Crippen LogP contribution in [-0.2, 0) is 0 Å². The van der Waals surface area contributed by atoms with Gasteiger partial charge in [-0.25, -0.2) is 0 Å². The van der Waals surface area contributed by atoms with Gasteiger partial charge in [-0.05, 0) is 34.7 Å². The van der Waals surface area contributed by atoms with Crippen LogP contribution in [0.4, 0.5) is 0 Å². The van der Waals surface area contributed by atoms with E-state index in [-0.39, 0.29) is 6.04 Å². The summed E-state index contributed by atoms with van der Waals surface area (Å²) in [6.45, 7) is 0. The van der Waals surface area contributed by atoms with Gasteiger partial charge in [-0.2, -0.15) is 0 Å². The van der Waals surface area contributed by atoms with Crippen molar-refractivity contribution < 1.29 is 0 Å². The van der Waals surface area contributed by atoms with E-state index >= 15 is 0 Å². The molecule has 2 nitrogen and oxygen atoms in total. The standard InChI is InChI=1S/C17H18N2/c18-12-6-2-1-3-9-17(19)16-11-10-14-7-4-5-8-15(14)13-16/h1-13,17H,18-19H2/b2-1-,9-3+,12-6-. The molecule has 0 aliphatic rings. The summed E-state index contributed by atoms with van der Waals surface area (Å²) in [6, 6.07) is 14.5. The Hall–Kier alpha value is -2.32. The molecule has 1 unspecified atom stereocenters. The summed E-state index contributed by atoms with van der Waals surface area (Å²) < 4.78 is 0. The van der Waals surface area contributed by atoms with E-state index in [0.29, 0.717) is 0 Å². The molecule has 0 aliphatic carbocycles. The minimum Gasteiger partial charge on any atom is -0.405 e. The van der Waals surface area contributed by atoms with Gasteiger partial charge in [0.25, 0.3) is 0 Å². The minimum absolute atomic E-state index is 0.101. The highest BCUT2D eigenvalue weighted by atomic mass is 14.6. The van der Waals surface area contributed by atoms with Gasteiger partial charge in [-0.3, -0.25) is 0 Å². The summed E-state index contributed by atoms with van der Waals surface area (Å²) in [5, 5.41) is 2.45. The number of rotatable bonds is 4. The lowest BCUT2D eigenvalue weighted by Gasteiger charge is -2.08. The second-order valence-electron chi connectivity index (χ2n) is 4.29. The molecule has 0 saturated carbocycles. The Morgan fingerprint density at radius 3 is 2.37 bits per heavy atom. The summed E-state index contributed by atoms with van der Waals surface area (Å²) in [6.07, 6.45) is 10.9. The molecule has 19 heavy (non-hydrogen) atoms. The molecule has 0 fully saturated rings. The fourth-order valence-corrected chi connectivity index (χ4v) is 1.90. The van der Waals surface area contributed by atoms with Crippen LogP contribution in [0.5, 0.6) is 0 Å². The Bertz CT molecular complexity index is 624. The zero-order chi connectivity index (χ0) is 13.5. The molecule has 2 aromatic rings. The Morgan fingerprint density at radius 2 is 1.58 bits per heavy atom. The van der Waals surface area contributed by atoms with E-state index < -0.39 is 0 Å². The summed E-state index contributed by atoms with van der Waals surface area (Å²) in [5.74, 6) is 0. The van der Waals surface area contributed by atoms with Gasteiger partial charge in [0.05, 0.1) is 0 Å². The second kappa shape index (κ2) is 6.57. The molecule has 96 valence electrons. The molecule has 1 atom stereocenters. The van der Waals surface area contributed by atoms with Crippen molar-refractivity contribution in [3.8, 4) is 0 Å². The van der Waals surface area contributed by atoms with Gasteiger partial charge >= 0.3 is 0 Å². The van der Waals surface area contributed by atoms with Gasteiger partial charge in [0.15, 0.2) is 0 Å². The normalized spacial score (nSPS) is 13.9. The van der Waals surface area contributed by atoms with Crippen LogP contribution in [0.25, 0.3) is 10.8 Å². The van der Waals surface area contributed by atoms with E-state index in [1.807, 2.05) is 36.4 Å². The number of benzene rings is 2. The average Bonchev–Trinajstić information content (AvgIpc) is 2.46. The van der Waals surface area contributed by atoms with Gasteiger partial charge < -0.3 is 11.5 Å². The molecule has 2 aromatic carbocycles. The maximum absolute atomic E-state index is 6.14. The van der Waals surface area contributed by atoms with Crippen molar-refractivity contribution in [1.82, 2.24) is 0 Å². The maximum atomic E-state index is 6.14. The fourth-order valence-electron chi connectivity index (χ4n) is 1.90. The molecular formula is C17H18N2. The summed E-state index contributed by atoms with van der Waals surface area (Å²) >= 11 is 0. The first-order valence-electron chi connectivity index (χ1n) is 6.27. The van der Waals surface area contributed by atoms with Crippen molar-refractivity contribution >= 4 is 10.8 Å². The topological polar surface area (TPSA) is 52.0 Å². The first kappa shape index (κ1) is 13.1. The summed E-state index contributed by atoms with van der Waals surface area (Å²) in [7, 11) is 0. The van der Waals surface area contributed by atoms with Crippen molar-refractivity contribution in [2.45, 2.75) is 6.04 Å². The molecule has 0 heterocycles. The minimum atomic E-state index is -0.101. The number of allylic oxidation sites excluding steroid dienone is 4. The third-order valence-corrected chi connectivity index (χ3v) is 2.92. The lowest BCUT2D eigenvalue weighted by atomic mass is 10.0. The highest BCUT2D eigenvalue weighted by Crippen LogP contribution is 2.19. The zero-order valence-corrected chi connectivity index (χ0v) is 10.7. The van der Waals surface area contributed by atoms with Gasteiger partial charge in [0, 0.05) is 6.04 Å². The van der Waals surface area contributed by atoms with Gasteiger partial charge in [0.1, 0.15) is 0 Å². The molecule has 0 aliphatic heterocycles. The summed E-state index contributed by atoms with van der Waals surface area (Å²) in [4.78, 5) is 0. The SMILES string of the molecule is N\C=C/C=C\C=C\C(N)c1ccc2ccccc2c1. The number of hydrogen-bond donors (Lipinski definition) is 2. The third kappa shape index (κ3) is 3.57. The quantitative estimate of drug-likeness (QED) is 0.817. The highest BCUT2D eigenvalue weighted by Gasteiger charge is 2.02. The average molecular weight is 250 g/mol. The van der Waals surface area contributed by atoms with Crippen LogP contribution in [0.15, 0.2) is 79.0 Å². The second-order valence-corrected chi connectivity index (χ2v) is 4.29. The first-order valence-corrected chi connectivity index (χ1v) is 6.27. The van der Waals surface area contributed by atoms with Crippen LogP contribution in [0.2, 0.25) is 0 Å². The van der Waals surface area contributed by atoms with E-state index in [4.69, 9.17) is 11.5 Å². The molecule has 0 radical (unpaired) electrons. The Labute approximate surface area is 113 Å². The van der Waals surface area contributed by atoms with E-state index in [2.05, 4.69) is 30.3 Å².